The fourth-order valence-electron chi connectivity index (χ4n) is 1.22. The number of carbonyl (C=O) groups is 1. The van der Waals surface area contributed by atoms with Crippen LogP contribution in [0.15, 0.2) is 0 Å². The Morgan fingerprint density at radius 2 is 2.17 bits per heavy atom. The molecule has 102 valence electrons. The third-order valence-corrected chi connectivity index (χ3v) is 3.77. The number of nitrogens with one attached hydrogen (secondary N) is 1. The first-order valence-electron chi connectivity index (χ1n) is 5.32. The number of esters is 1. The first-order valence-corrected chi connectivity index (χ1v) is 6.93. The molecule has 0 aliphatic heterocycles. The molecular formula is C9H16N4O4S. The summed E-state index contributed by atoms with van der Waals surface area (Å²) in [6.45, 7) is 3.48. The van der Waals surface area contributed by atoms with E-state index < -0.39 is 21.7 Å². The van der Waals surface area contributed by atoms with Crippen LogP contribution in [0.3, 0.4) is 0 Å². The average Bonchev–Trinajstić information content (AvgIpc) is 2.63. The second-order valence-electron chi connectivity index (χ2n) is 3.65. The zero-order valence-corrected chi connectivity index (χ0v) is 11.3. The molecule has 18 heavy (non-hydrogen) atoms. The van der Waals surface area contributed by atoms with Crippen molar-refractivity contribution in [3.63, 3.8) is 0 Å². The summed E-state index contributed by atoms with van der Waals surface area (Å²) < 4.78 is 29.2. The van der Waals surface area contributed by atoms with Gasteiger partial charge in [-0.25, -0.2) is 13.4 Å². The fourth-order valence-corrected chi connectivity index (χ4v) is 2.13. The van der Waals surface area contributed by atoms with Crippen molar-refractivity contribution in [1.29, 1.82) is 0 Å². The predicted octanol–water partition coefficient (Wildman–Crippen LogP) is -0.562. The highest BCUT2D eigenvalue weighted by Crippen LogP contribution is 2.04. The molecule has 0 aliphatic rings. The van der Waals surface area contributed by atoms with E-state index in [1.165, 1.54) is 7.05 Å². The summed E-state index contributed by atoms with van der Waals surface area (Å²) in [5.74, 6) is -0.500. The summed E-state index contributed by atoms with van der Waals surface area (Å²) >= 11 is 0. The van der Waals surface area contributed by atoms with E-state index in [1.54, 1.807) is 13.8 Å². The van der Waals surface area contributed by atoms with E-state index in [2.05, 4.69) is 19.9 Å². The van der Waals surface area contributed by atoms with Gasteiger partial charge in [0.2, 0.25) is 10.0 Å². The molecule has 0 radical (unpaired) electrons. The second kappa shape index (κ2) is 5.91. The zero-order chi connectivity index (χ0) is 13.8. The first kappa shape index (κ1) is 14.6. The molecule has 0 amide bonds. The van der Waals surface area contributed by atoms with Gasteiger partial charge in [0.25, 0.3) is 0 Å². The molecule has 0 saturated heterocycles. The van der Waals surface area contributed by atoms with Gasteiger partial charge in [-0.2, -0.15) is 9.40 Å². The fraction of sp³-hybridized carbons (Fsp3) is 0.667. The summed E-state index contributed by atoms with van der Waals surface area (Å²) in [5, 5.41) is 6.44. The monoisotopic (exact) mass is 276 g/mol. The number of carbonyl (C=O) groups excluding carboxylic acids is 1. The minimum atomic E-state index is -3.71. The number of nitrogens with zero attached hydrogens (tertiary/aromatic N) is 3. The summed E-state index contributed by atoms with van der Waals surface area (Å²) in [6.07, 6.45) is 0. The van der Waals surface area contributed by atoms with Crippen LogP contribution in [0.25, 0.3) is 0 Å². The van der Waals surface area contributed by atoms with Gasteiger partial charge in [-0.15, -0.1) is 0 Å². The molecule has 0 aromatic carbocycles. The van der Waals surface area contributed by atoms with Crippen LogP contribution < -0.4 is 0 Å². The third-order valence-electron chi connectivity index (χ3n) is 2.09. The summed E-state index contributed by atoms with van der Waals surface area (Å²) in [6, 6.07) is 0. The quantitative estimate of drug-likeness (QED) is 0.698. The average molecular weight is 276 g/mol. The number of aromatic amines is 1. The number of rotatable bonds is 6. The van der Waals surface area contributed by atoms with Crippen molar-refractivity contribution in [1.82, 2.24) is 19.5 Å². The van der Waals surface area contributed by atoms with Crippen LogP contribution in [-0.2, 0) is 26.1 Å². The number of aromatic nitrogens is 3. The number of aryl methyl sites for hydroxylation is 1. The number of hydrogen-bond acceptors (Lipinski definition) is 6. The second-order valence-corrected chi connectivity index (χ2v) is 5.73. The zero-order valence-electron chi connectivity index (χ0n) is 10.5. The molecule has 0 unspecified atom stereocenters. The Morgan fingerprint density at radius 3 is 2.67 bits per heavy atom. The van der Waals surface area contributed by atoms with Crippen LogP contribution in [0.5, 0.6) is 0 Å². The molecule has 1 N–H and O–H groups in total. The smallest absolute Gasteiger partial charge is 0.322 e. The van der Waals surface area contributed by atoms with E-state index in [-0.39, 0.29) is 13.2 Å². The van der Waals surface area contributed by atoms with Crippen molar-refractivity contribution in [2.24, 2.45) is 0 Å². The van der Waals surface area contributed by atoms with Crippen molar-refractivity contribution in [2.45, 2.75) is 20.4 Å². The van der Waals surface area contributed by atoms with Gasteiger partial charge >= 0.3 is 5.97 Å². The normalized spacial score (nSPS) is 11.8. The highest BCUT2D eigenvalue weighted by Gasteiger charge is 2.24. The van der Waals surface area contributed by atoms with Gasteiger partial charge in [-0.3, -0.25) is 9.89 Å². The molecule has 0 spiro atoms. The van der Waals surface area contributed by atoms with E-state index in [0.29, 0.717) is 11.6 Å². The molecule has 1 rings (SSSR count). The van der Waals surface area contributed by atoms with Crippen molar-refractivity contribution in [3.8, 4) is 0 Å². The van der Waals surface area contributed by atoms with Crippen LogP contribution in [-0.4, -0.2) is 53.3 Å². The highest BCUT2D eigenvalue weighted by molar-refractivity contribution is 7.89. The highest BCUT2D eigenvalue weighted by atomic mass is 32.2. The van der Waals surface area contributed by atoms with Crippen molar-refractivity contribution < 1.29 is 17.9 Å². The minimum Gasteiger partial charge on any atom is -0.465 e. The van der Waals surface area contributed by atoms with Gasteiger partial charge in [0.05, 0.1) is 13.2 Å². The lowest BCUT2D eigenvalue weighted by atomic mass is 10.6. The lowest BCUT2D eigenvalue weighted by molar-refractivity contribution is -0.140. The molecule has 0 aliphatic carbocycles. The Bertz CT molecular complexity index is 510. The number of hydrogen-bond donors (Lipinski definition) is 1. The topological polar surface area (TPSA) is 105 Å². The Kier molecular flexibility index (Phi) is 4.79. The maximum absolute atomic E-state index is 11.8. The molecule has 9 heteroatoms. The van der Waals surface area contributed by atoms with Crippen LogP contribution in [0.1, 0.15) is 18.6 Å². The predicted molar refractivity (Wildman–Crippen MR) is 63.0 cm³/mol. The summed E-state index contributed by atoms with van der Waals surface area (Å²) in [4.78, 5) is 15.1. The summed E-state index contributed by atoms with van der Waals surface area (Å²) in [7, 11) is -2.34. The Labute approximate surface area is 105 Å². The van der Waals surface area contributed by atoms with E-state index in [4.69, 9.17) is 0 Å². The molecule has 1 aromatic heterocycles. The van der Waals surface area contributed by atoms with E-state index in [9.17, 15) is 13.2 Å². The molecule has 0 fully saturated rings. The maximum atomic E-state index is 11.8. The SMILES string of the molecule is CCOC(=O)CS(=O)(=O)N(C)Cc1n[nH]c(C)n1. The van der Waals surface area contributed by atoms with Crippen LogP contribution in [0.2, 0.25) is 0 Å². The van der Waals surface area contributed by atoms with Crippen molar-refractivity contribution in [2.75, 3.05) is 19.4 Å². The molecule has 0 bridgehead atoms. The van der Waals surface area contributed by atoms with Gasteiger partial charge < -0.3 is 4.74 Å². The van der Waals surface area contributed by atoms with E-state index in [1.807, 2.05) is 0 Å². The lowest BCUT2D eigenvalue weighted by Crippen LogP contribution is -2.33. The Morgan fingerprint density at radius 1 is 1.50 bits per heavy atom. The standard InChI is InChI=1S/C9H16N4O4S/c1-4-17-9(14)6-18(15,16)13(3)5-8-10-7(2)11-12-8/h4-6H2,1-3H3,(H,10,11,12). The molecule has 8 nitrogen and oxygen atoms in total. The molecule has 0 atom stereocenters. The third kappa shape index (κ3) is 4.08. The van der Waals surface area contributed by atoms with Gasteiger partial charge in [-0.05, 0) is 13.8 Å². The first-order chi connectivity index (χ1) is 8.35. The van der Waals surface area contributed by atoms with Gasteiger partial charge in [0, 0.05) is 7.05 Å². The van der Waals surface area contributed by atoms with E-state index in [0.717, 1.165) is 4.31 Å². The van der Waals surface area contributed by atoms with Gasteiger partial charge in [-0.1, -0.05) is 0 Å². The largest absolute Gasteiger partial charge is 0.465 e. The Hall–Kier alpha value is -1.48. The van der Waals surface area contributed by atoms with Crippen molar-refractivity contribution >= 4 is 16.0 Å². The molecule has 0 saturated carbocycles. The molecule has 1 aromatic rings. The van der Waals surface area contributed by atoms with Gasteiger partial charge in [0.1, 0.15) is 5.82 Å². The number of sulfonamides is 1. The molecular weight excluding hydrogens is 260 g/mol. The van der Waals surface area contributed by atoms with Gasteiger partial charge in [0.15, 0.2) is 11.6 Å². The Balaban J connectivity index is 2.64. The lowest BCUT2D eigenvalue weighted by Gasteiger charge is -2.14. The maximum Gasteiger partial charge on any atom is 0.322 e. The van der Waals surface area contributed by atoms with Crippen LogP contribution in [0, 0.1) is 6.92 Å². The summed E-state index contributed by atoms with van der Waals surface area (Å²) in [5.41, 5.74) is 0. The minimum absolute atomic E-state index is 0.00603. The van der Waals surface area contributed by atoms with Crippen molar-refractivity contribution in [3.05, 3.63) is 11.6 Å². The number of ether oxygens (including phenoxy) is 1. The number of H-pyrrole nitrogens is 1. The van der Waals surface area contributed by atoms with Crippen LogP contribution in [0.4, 0.5) is 0 Å². The van der Waals surface area contributed by atoms with E-state index >= 15 is 0 Å². The molecule has 1 heterocycles. The van der Waals surface area contributed by atoms with Crippen LogP contribution >= 0.6 is 0 Å².